The van der Waals surface area contributed by atoms with Gasteiger partial charge in [-0.1, -0.05) is 30.3 Å². The Kier molecular flexibility index (Phi) is 4.66. The molecule has 1 aliphatic carbocycles. The van der Waals surface area contributed by atoms with Crippen LogP contribution in [0.5, 0.6) is 0 Å². The summed E-state index contributed by atoms with van der Waals surface area (Å²) in [5.74, 6) is -0.0744. The van der Waals surface area contributed by atoms with Gasteiger partial charge >= 0.3 is 0 Å². The lowest BCUT2D eigenvalue weighted by atomic mass is 10.0. The molecular weight excluding hydrogens is 364 g/mol. The van der Waals surface area contributed by atoms with Crippen molar-refractivity contribution in [2.45, 2.75) is 19.9 Å². The molecule has 0 atom stereocenters. The van der Waals surface area contributed by atoms with Crippen LogP contribution in [-0.2, 0) is 22.5 Å². The van der Waals surface area contributed by atoms with E-state index in [0.717, 1.165) is 61.9 Å². The molecule has 2 N–H and O–H groups in total. The molecule has 1 saturated heterocycles. The van der Waals surface area contributed by atoms with Gasteiger partial charge in [-0.25, -0.2) is 0 Å². The first kappa shape index (κ1) is 18.1. The maximum absolute atomic E-state index is 11.4. The second kappa shape index (κ2) is 7.46. The van der Waals surface area contributed by atoms with Gasteiger partial charge in [0, 0.05) is 55.4 Å². The summed E-state index contributed by atoms with van der Waals surface area (Å²) in [5.41, 5.74) is 9.02. The third kappa shape index (κ3) is 3.57. The fourth-order valence-electron chi connectivity index (χ4n) is 4.29. The molecule has 148 valence electrons. The topological polar surface area (TPSA) is 70.2 Å². The van der Waals surface area contributed by atoms with Crippen molar-refractivity contribution in [1.29, 1.82) is 0 Å². The van der Waals surface area contributed by atoms with E-state index in [2.05, 4.69) is 38.6 Å². The monoisotopic (exact) mass is 388 g/mol. The van der Waals surface area contributed by atoms with E-state index in [-0.39, 0.29) is 5.91 Å². The van der Waals surface area contributed by atoms with Crippen molar-refractivity contribution in [1.82, 2.24) is 15.1 Å². The number of fused-ring (bicyclic) bond motifs is 3. The van der Waals surface area contributed by atoms with E-state index in [0.29, 0.717) is 0 Å². The number of hydrogen-bond donors (Lipinski definition) is 2. The fraction of sp³-hybridized carbons (Fsp3) is 0.304. The van der Waals surface area contributed by atoms with Gasteiger partial charge in [-0.05, 0) is 23.3 Å². The highest BCUT2D eigenvalue weighted by Crippen LogP contribution is 2.40. The number of anilines is 1. The van der Waals surface area contributed by atoms with Crippen LogP contribution in [0, 0.1) is 0 Å². The average molecular weight is 388 g/mol. The number of H-pyrrole nitrogens is 1. The number of morpholine rings is 1. The van der Waals surface area contributed by atoms with E-state index >= 15 is 0 Å². The van der Waals surface area contributed by atoms with Crippen molar-refractivity contribution in [2.75, 3.05) is 31.6 Å². The molecule has 0 saturated carbocycles. The van der Waals surface area contributed by atoms with Crippen LogP contribution in [0.4, 0.5) is 5.69 Å². The number of amides is 1. The van der Waals surface area contributed by atoms with Crippen LogP contribution in [0.15, 0.2) is 42.5 Å². The zero-order chi connectivity index (χ0) is 19.8. The largest absolute Gasteiger partial charge is 0.379 e. The minimum absolute atomic E-state index is 0.0744. The lowest BCUT2D eigenvalue weighted by molar-refractivity contribution is -0.114. The maximum Gasteiger partial charge on any atom is 0.221 e. The number of aromatic amines is 1. The number of benzene rings is 2. The van der Waals surface area contributed by atoms with Gasteiger partial charge in [-0.3, -0.25) is 14.8 Å². The predicted octanol–water partition coefficient (Wildman–Crippen LogP) is 3.44. The number of nitrogens with zero attached hydrogens (tertiary/aromatic N) is 2. The van der Waals surface area contributed by atoms with E-state index in [1.807, 2.05) is 24.3 Å². The van der Waals surface area contributed by atoms with Crippen LogP contribution < -0.4 is 5.32 Å². The number of carbonyl (C=O) groups excluding carboxylic acids is 1. The average Bonchev–Trinajstić information content (AvgIpc) is 3.27. The van der Waals surface area contributed by atoms with Gasteiger partial charge in [0.05, 0.1) is 24.6 Å². The second-order valence-electron chi connectivity index (χ2n) is 7.74. The molecule has 1 amide bonds. The summed E-state index contributed by atoms with van der Waals surface area (Å²) in [4.78, 5) is 13.8. The van der Waals surface area contributed by atoms with Gasteiger partial charge in [0.25, 0.3) is 0 Å². The number of aromatic nitrogens is 2. The van der Waals surface area contributed by atoms with Gasteiger partial charge in [-0.15, -0.1) is 0 Å². The van der Waals surface area contributed by atoms with E-state index in [9.17, 15) is 4.79 Å². The Hall–Kier alpha value is -2.96. The molecule has 1 fully saturated rings. The quantitative estimate of drug-likeness (QED) is 0.562. The van der Waals surface area contributed by atoms with Crippen LogP contribution in [0.25, 0.3) is 22.5 Å². The molecule has 1 aromatic heterocycles. The zero-order valence-corrected chi connectivity index (χ0v) is 16.5. The molecule has 3 aromatic rings. The lowest BCUT2D eigenvalue weighted by Crippen LogP contribution is -2.35. The summed E-state index contributed by atoms with van der Waals surface area (Å²) in [6.45, 7) is 6.12. The van der Waals surface area contributed by atoms with Crippen molar-refractivity contribution >= 4 is 11.6 Å². The SMILES string of the molecule is CC(=O)Nc1cccc(-c2n[nH]c3c2Cc2cc(CN4CCOCC4)ccc2-3)c1. The molecule has 0 radical (unpaired) electrons. The first-order valence-electron chi connectivity index (χ1n) is 10.0. The smallest absolute Gasteiger partial charge is 0.221 e. The van der Waals surface area contributed by atoms with Gasteiger partial charge in [0.15, 0.2) is 0 Å². The number of carbonyl (C=O) groups is 1. The van der Waals surface area contributed by atoms with E-state index < -0.39 is 0 Å². The number of nitrogens with one attached hydrogen (secondary N) is 2. The Labute approximate surface area is 169 Å². The van der Waals surface area contributed by atoms with Crippen LogP contribution >= 0.6 is 0 Å². The summed E-state index contributed by atoms with van der Waals surface area (Å²) in [5, 5.41) is 10.7. The van der Waals surface area contributed by atoms with Gasteiger partial charge in [0.1, 0.15) is 0 Å². The van der Waals surface area contributed by atoms with Crippen LogP contribution in [0.1, 0.15) is 23.6 Å². The van der Waals surface area contributed by atoms with Gasteiger partial charge < -0.3 is 10.1 Å². The molecule has 2 aromatic carbocycles. The molecule has 29 heavy (non-hydrogen) atoms. The Balaban J connectivity index is 1.40. The highest BCUT2D eigenvalue weighted by Gasteiger charge is 2.25. The second-order valence-corrected chi connectivity index (χ2v) is 7.74. The van der Waals surface area contributed by atoms with E-state index in [1.54, 1.807) is 0 Å². The van der Waals surface area contributed by atoms with Crippen LogP contribution in [-0.4, -0.2) is 47.3 Å². The molecule has 0 unspecified atom stereocenters. The Morgan fingerprint density at radius 2 is 2.07 bits per heavy atom. The van der Waals surface area contributed by atoms with Crippen LogP contribution in [0.3, 0.4) is 0 Å². The first-order valence-corrected chi connectivity index (χ1v) is 10.0. The standard InChI is InChI=1S/C23H24N4O2/c1-15(28)24-19-4-2-3-17(12-19)22-21-13-18-11-16(14-27-7-9-29-10-8-27)5-6-20(18)23(21)26-25-22/h2-6,11-12H,7-10,13-14H2,1H3,(H,24,28)(H,25,26). The number of rotatable bonds is 4. The van der Waals surface area contributed by atoms with Crippen molar-refractivity contribution < 1.29 is 9.53 Å². The Bertz CT molecular complexity index is 1070. The van der Waals surface area contributed by atoms with E-state index in [4.69, 9.17) is 4.74 Å². The highest BCUT2D eigenvalue weighted by molar-refractivity contribution is 5.90. The molecule has 5 rings (SSSR count). The fourth-order valence-corrected chi connectivity index (χ4v) is 4.29. The van der Waals surface area contributed by atoms with Gasteiger partial charge in [0.2, 0.25) is 5.91 Å². The normalized spacial score (nSPS) is 15.8. The van der Waals surface area contributed by atoms with Gasteiger partial charge in [-0.2, -0.15) is 5.10 Å². The minimum Gasteiger partial charge on any atom is -0.379 e. The van der Waals surface area contributed by atoms with E-state index in [1.165, 1.54) is 29.2 Å². The minimum atomic E-state index is -0.0744. The van der Waals surface area contributed by atoms with Crippen molar-refractivity contribution in [2.24, 2.45) is 0 Å². The first-order chi connectivity index (χ1) is 14.2. The third-order valence-electron chi connectivity index (χ3n) is 5.64. The Morgan fingerprint density at radius 3 is 2.90 bits per heavy atom. The molecule has 6 nitrogen and oxygen atoms in total. The summed E-state index contributed by atoms with van der Waals surface area (Å²) >= 11 is 0. The van der Waals surface area contributed by atoms with Crippen molar-refractivity contribution in [3.63, 3.8) is 0 Å². The number of hydrogen-bond acceptors (Lipinski definition) is 4. The number of ether oxygens (including phenoxy) is 1. The summed E-state index contributed by atoms with van der Waals surface area (Å²) in [7, 11) is 0. The van der Waals surface area contributed by atoms with Crippen LogP contribution in [0.2, 0.25) is 0 Å². The summed E-state index contributed by atoms with van der Waals surface area (Å²) in [6, 6.07) is 14.6. The van der Waals surface area contributed by atoms with Crippen molar-refractivity contribution in [3.8, 4) is 22.5 Å². The summed E-state index contributed by atoms with van der Waals surface area (Å²) in [6.07, 6.45) is 0.873. The molecule has 2 heterocycles. The maximum atomic E-state index is 11.4. The lowest BCUT2D eigenvalue weighted by Gasteiger charge is -2.26. The molecule has 0 bridgehead atoms. The zero-order valence-electron chi connectivity index (χ0n) is 16.5. The molecule has 0 spiro atoms. The highest BCUT2D eigenvalue weighted by atomic mass is 16.5. The molecule has 1 aliphatic heterocycles. The molecular formula is C23H24N4O2. The van der Waals surface area contributed by atoms with Crippen molar-refractivity contribution in [3.05, 3.63) is 59.2 Å². The molecule has 6 heteroatoms. The third-order valence-corrected chi connectivity index (χ3v) is 5.64. The molecule has 2 aliphatic rings. The predicted molar refractivity (Wildman–Crippen MR) is 113 cm³/mol. The summed E-state index contributed by atoms with van der Waals surface area (Å²) < 4.78 is 5.45. The Morgan fingerprint density at radius 1 is 1.21 bits per heavy atom.